The molecule has 0 saturated carbocycles. The fourth-order valence-corrected chi connectivity index (χ4v) is 9.72. The number of halogens is 2. The highest BCUT2D eigenvalue weighted by molar-refractivity contribution is 7.99. The number of nitrogens with one attached hydrogen (secondary N) is 4. The van der Waals surface area contributed by atoms with E-state index in [0.29, 0.717) is 70.7 Å². The van der Waals surface area contributed by atoms with E-state index in [1.165, 1.54) is 12.2 Å². The SMILES string of the molecule is C=CC(=O)Nc1cc(Nc2nccc(-c3cn(CCF)c4ccccc34)n2)c(OCC)cc1CCCN(C)C.C=CC(=O)Nc1cc(Nc2nccc(-c3cn(CCF)c4ccccc34)n2)c(OCC)cc1SCCN(C)C. The van der Waals surface area contributed by atoms with Gasteiger partial charge in [-0.1, -0.05) is 49.6 Å². The summed E-state index contributed by atoms with van der Waals surface area (Å²) in [5, 5.41) is 14.4. The standard InChI is InChI=1S/C30H35FN6O2.C29H33FN6O2S/c1-5-29(38)33-25-19-26(28(39-6-2)18-21(25)10-9-16-36(3)4)35-30-32-15-13-24(34-30)23-20-37(17-14-31)27-12-8-7-11-22(23)27;1-5-28(37)32-24-17-23(26(38-6-2)18-27(24)39-16-15-35(3)4)34-29-31-13-11-22(33-29)21-19-36(14-12-30)25-10-8-7-9-20(21)25/h5,7-8,11-13,15,18-20H,1,6,9-10,14,16-17H2,2-4H3,(H,33,38)(H,32,34,35);5,7-11,13,17-19H,1,6,12,14-16H2,2-4H3,(H,32,37)(H,31,33,34). The molecule has 0 aliphatic carbocycles. The van der Waals surface area contributed by atoms with Gasteiger partial charge in [-0.2, -0.15) is 0 Å². The smallest absolute Gasteiger partial charge is 0.247 e. The molecule has 2 amide bonds. The number of ether oxygens (including phenoxy) is 2. The largest absolute Gasteiger partial charge is 0.492 e. The van der Waals surface area contributed by atoms with E-state index in [-0.39, 0.29) is 24.9 Å². The van der Waals surface area contributed by atoms with Gasteiger partial charge in [0.2, 0.25) is 23.7 Å². The second-order valence-corrected chi connectivity index (χ2v) is 19.5. The van der Waals surface area contributed by atoms with Gasteiger partial charge >= 0.3 is 0 Å². The van der Waals surface area contributed by atoms with Gasteiger partial charge in [-0.05, 0) is 128 Å². The Hall–Kier alpha value is -8.13. The molecule has 0 spiro atoms. The van der Waals surface area contributed by atoms with E-state index >= 15 is 0 Å². The maximum Gasteiger partial charge on any atom is 0.247 e. The van der Waals surface area contributed by atoms with Gasteiger partial charge in [0, 0.05) is 80.6 Å². The van der Waals surface area contributed by atoms with Crippen LogP contribution in [0.25, 0.3) is 44.3 Å². The summed E-state index contributed by atoms with van der Waals surface area (Å²) in [4.78, 5) is 47.9. The van der Waals surface area contributed by atoms with Crippen molar-refractivity contribution in [2.45, 2.75) is 44.7 Å². The molecule has 0 fully saturated rings. The lowest BCUT2D eigenvalue weighted by Crippen LogP contribution is -2.15. The van der Waals surface area contributed by atoms with Gasteiger partial charge in [-0.15, -0.1) is 11.8 Å². The Balaban J connectivity index is 0.000000226. The molecule has 8 aromatic rings. The maximum absolute atomic E-state index is 13.2. The summed E-state index contributed by atoms with van der Waals surface area (Å²) in [5.74, 6) is 2.24. The molecule has 8 rings (SSSR count). The van der Waals surface area contributed by atoms with Crippen LogP contribution in [0, 0.1) is 0 Å². The van der Waals surface area contributed by atoms with E-state index in [1.807, 2.05) is 148 Å². The minimum absolute atomic E-state index is 0.270. The zero-order chi connectivity index (χ0) is 55.6. The quantitative estimate of drug-likeness (QED) is 0.0299. The monoisotopic (exact) mass is 1080 g/mol. The number of thioether (sulfide) groups is 1. The van der Waals surface area contributed by atoms with Crippen LogP contribution in [-0.2, 0) is 29.1 Å². The molecule has 0 aliphatic rings. The van der Waals surface area contributed by atoms with Crippen molar-refractivity contribution < 1.29 is 27.8 Å². The lowest BCUT2D eigenvalue weighted by atomic mass is 10.0. The summed E-state index contributed by atoms with van der Waals surface area (Å²) in [7, 11) is 8.11. The molecule has 78 heavy (non-hydrogen) atoms. The lowest BCUT2D eigenvalue weighted by molar-refractivity contribution is -0.112. The molecular weight excluding hydrogens is 1010 g/mol. The number of rotatable bonds is 26. The minimum Gasteiger partial charge on any atom is -0.492 e. The second kappa shape index (κ2) is 28.3. The normalized spacial score (nSPS) is 11.1. The van der Waals surface area contributed by atoms with Crippen LogP contribution in [0.4, 0.5) is 43.4 Å². The van der Waals surface area contributed by atoms with E-state index in [4.69, 9.17) is 19.4 Å². The summed E-state index contributed by atoms with van der Waals surface area (Å²) in [5.41, 5.74) is 8.62. The summed E-state index contributed by atoms with van der Waals surface area (Å²) < 4.78 is 42.1. The average Bonchev–Trinajstić information content (AvgIpc) is 4.04. The van der Waals surface area contributed by atoms with E-state index in [2.05, 4.69) is 54.2 Å². The first-order valence-electron chi connectivity index (χ1n) is 25.7. The van der Waals surface area contributed by atoms with Crippen molar-refractivity contribution in [1.29, 1.82) is 0 Å². The van der Waals surface area contributed by atoms with Gasteiger partial charge in [0.1, 0.15) is 24.8 Å². The van der Waals surface area contributed by atoms with Crippen molar-refractivity contribution >= 4 is 80.0 Å². The molecule has 0 saturated heterocycles. The third-order valence-corrected chi connectivity index (χ3v) is 13.2. The molecule has 0 radical (unpaired) electrons. The zero-order valence-electron chi connectivity index (χ0n) is 45.1. The lowest BCUT2D eigenvalue weighted by Gasteiger charge is -2.18. The third-order valence-electron chi connectivity index (χ3n) is 12.2. The predicted octanol–water partition coefficient (Wildman–Crippen LogP) is 11.8. The molecular formula is C59H68F2N12O4S. The fourth-order valence-electron chi connectivity index (χ4n) is 8.59. The van der Waals surface area contributed by atoms with E-state index < -0.39 is 13.3 Å². The van der Waals surface area contributed by atoms with Gasteiger partial charge in [0.15, 0.2) is 0 Å². The number of carbonyl (C=O) groups is 2. The number of nitrogens with zero attached hydrogens (tertiary/aromatic N) is 8. The molecule has 4 aromatic carbocycles. The fraction of sp³-hybridized carbons (Fsp3) is 0.288. The van der Waals surface area contributed by atoms with Crippen molar-refractivity contribution in [3.8, 4) is 34.0 Å². The molecule has 4 heterocycles. The van der Waals surface area contributed by atoms with Crippen LogP contribution in [-0.4, -0.2) is 124 Å². The molecule has 0 atom stereocenters. The number of carbonyl (C=O) groups excluding carboxylic acids is 2. The number of anilines is 6. The highest BCUT2D eigenvalue weighted by Crippen LogP contribution is 2.40. The van der Waals surface area contributed by atoms with Gasteiger partial charge in [-0.3, -0.25) is 9.59 Å². The summed E-state index contributed by atoms with van der Waals surface area (Å²) in [6, 6.07) is 27.0. The maximum atomic E-state index is 13.2. The number of hydrogen-bond donors (Lipinski definition) is 4. The number of aryl methyl sites for hydroxylation is 3. The van der Waals surface area contributed by atoms with E-state index in [9.17, 15) is 18.4 Å². The first-order valence-corrected chi connectivity index (χ1v) is 26.7. The van der Waals surface area contributed by atoms with Crippen LogP contribution in [0.3, 0.4) is 0 Å². The van der Waals surface area contributed by atoms with Crippen LogP contribution in [0.2, 0.25) is 0 Å². The van der Waals surface area contributed by atoms with Gasteiger partial charge in [-0.25, -0.2) is 28.7 Å². The molecule has 4 N–H and O–H groups in total. The van der Waals surface area contributed by atoms with E-state index in [1.54, 1.807) is 24.2 Å². The minimum atomic E-state index is -0.455. The van der Waals surface area contributed by atoms with Crippen molar-refractivity contribution in [1.82, 2.24) is 38.9 Å². The number of benzene rings is 4. The van der Waals surface area contributed by atoms with Crippen LogP contribution < -0.4 is 30.7 Å². The molecule has 0 bridgehead atoms. The first kappa shape index (κ1) is 57.6. The second-order valence-electron chi connectivity index (χ2n) is 18.3. The Morgan fingerprint density at radius 2 is 1.14 bits per heavy atom. The number of para-hydroxylation sites is 2. The Morgan fingerprint density at radius 1 is 0.654 bits per heavy atom. The number of fused-ring (bicyclic) bond motifs is 2. The van der Waals surface area contributed by atoms with E-state index in [0.717, 1.165) is 75.1 Å². The third kappa shape index (κ3) is 15.1. The molecule has 19 heteroatoms. The average molecular weight is 1080 g/mol. The number of alkyl halides is 2. The summed E-state index contributed by atoms with van der Waals surface area (Å²) >= 11 is 1.63. The van der Waals surface area contributed by atoms with Crippen LogP contribution >= 0.6 is 11.8 Å². The zero-order valence-corrected chi connectivity index (χ0v) is 45.9. The number of hydrogen-bond acceptors (Lipinski definition) is 13. The van der Waals surface area contributed by atoms with Gasteiger partial charge in [0.05, 0.1) is 54.8 Å². The van der Waals surface area contributed by atoms with Crippen molar-refractivity contribution in [3.63, 3.8) is 0 Å². The molecule has 4 aromatic heterocycles. The van der Waals surface area contributed by atoms with Gasteiger partial charge < -0.3 is 49.7 Å². The van der Waals surface area contributed by atoms with Crippen LogP contribution in [0.5, 0.6) is 11.5 Å². The Kier molecular flexibility index (Phi) is 20.9. The summed E-state index contributed by atoms with van der Waals surface area (Å²) in [6.45, 7) is 13.4. The topological polar surface area (TPSA) is 169 Å². The molecule has 0 aliphatic heterocycles. The molecule has 408 valence electrons. The van der Waals surface area contributed by atoms with Gasteiger partial charge in [0.25, 0.3) is 0 Å². The van der Waals surface area contributed by atoms with Crippen molar-refractivity contribution in [3.05, 3.63) is 141 Å². The Labute approximate surface area is 459 Å². The van der Waals surface area contributed by atoms with Crippen LogP contribution in [0.1, 0.15) is 25.8 Å². The predicted molar refractivity (Wildman–Crippen MR) is 313 cm³/mol. The summed E-state index contributed by atoms with van der Waals surface area (Å²) in [6.07, 6.45) is 11.4. The molecule has 16 nitrogen and oxygen atoms in total. The first-order chi connectivity index (χ1) is 37.9. The van der Waals surface area contributed by atoms with Crippen molar-refractivity contribution in [2.75, 3.05) is 94.9 Å². The Morgan fingerprint density at radius 3 is 1.63 bits per heavy atom. The number of amides is 2. The van der Waals surface area contributed by atoms with Crippen LogP contribution in [0.15, 0.2) is 140 Å². The highest BCUT2D eigenvalue weighted by Gasteiger charge is 2.19. The Bertz CT molecular complexity index is 3120. The highest BCUT2D eigenvalue weighted by atomic mass is 32.2. The van der Waals surface area contributed by atoms with Crippen molar-refractivity contribution in [2.24, 2.45) is 0 Å². The molecule has 0 unspecified atom stereocenters. The number of aromatic nitrogens is 6.